The summed E-state index contributed by atoms with van der Waals surface area (Å²) in [6, 6.07) is 18.8. The molecule has 4 rings (SSSR count). The van der Waals surface area contributed by atoms with E-state index >= 15 is 0 Å². The molecule has 4 N–H and O–H groups in total. The number of aromatic hydroxyl groups is 2. The standard InChI is InChI=1S/C29H31N3O6.CH4/c1-3-19(33)16-37-21-10-12-23(25(35)14-21)28-30-27(18-8-6-5-7-9-18)31-29(32-28)24-13-11-22(15-26(24)36)38-17-20(34)4-2;/h5-15,19-20,33-36H,3-4,16-17H2,1-2H3;1H4. The molecular formula is C30H35N3O6. The molecule has 0 spiro atoms. The van der Waals surface area contributed by atoms with E-state index in [9.17, 15) is 20.4 Å². The lowest BCUT2D eigenvalue weighted by Crippen LogP contribution is -2.15. The molecule has 2 unspecified atom stereocenters. The highest BCUT2D eigenvalue weighted by atomic mass is 16.5. The van der Waals surface area contributed by atoms with Crippen LogP contribution in [-0.4, -0.2) is 60.8 Å². The van der Waals surface area contributed by atoms with Crippen LogP contribution in [0.5, 0.6) is 23.0 Å². The molecule has 9 nitrogen and oxygen atoms in total. The maximum atomic E-state index is 10.8. The lowest BCUT2D eigenvalue weighted by Gasteiger charge is -2.13. The highest BCUT2D eigenvalue weighted by molar-refractivity contribution is 5.72. The number of phenolic OH excluding ortho intramolecular Hbond substituents is 2. The van der Waals surface area contributed by atoms with Crippen LogP contribution in [-0.2, 0) is 0 Å². The van der Waals surface area contributed by atoms with Gasteiger partial charge in [0.2, 0.25) is 0 Å². The Bertz CT molecular complexity index is 1280. The van der Waals surface area contributed by atoms with Crippen LogP contribution in [0.15, 0.2) is 66.7 Å². The van der Waals surface area contributed by atoms with Gasteiger partial charge in [-0.1, -0.05) is 51.6 Å². The second-order valence-corrected chi connectivity index (χ2v) is 8.78. The average Bonchev–Trinajstić information content (AvgIpc) is 2.94. The van der Waals surface area contributed by atoms with Crippen molar-refractivity contribution in [3.8, 4) is 57.2 Å². The number of aliphatic hydroxyl groups is 2. The molecule has 0 aliphatic heterocycles. The van der Waals surface area contributed by atoms with Gasteiger partial charge in [0.25, 0.3) is 0 Å². The molecule has 0 fully saturated rings. The third-order valence-electron chi connectivity index (χ3n) is 5.91. The molecule has 0 radical (unpaired) electrons. The number of aromatic nitrogens is 3. The molecule has 0 aliphatic carbocycles. The van der Waals surface area contributed by atoms with Crippen molar-refractivity contribution < 1.29 is 29.9 Å². The van der Waals surface area contributed by atoms with Crippen LogP contribution in [0.2, 0.25) is 0 Å². The van der Waals surface area contributed by atoms with Crippen LogP contribution in [0.4, 0.5) is 0 Å². The zero-order valence-electron chi connectivity index (χ0n) is 21.3. The molecule has 0 saturated heterocycles. The lowest BCUT2D eigenvalue weighted by molar-refractivity contribution is 0.104. The first-order valence-corrected chi connectivity index (χ1v) is 12.5. The fourth-order valence-corrected chi connectivity index (χ4v) is 3.53. The molecule has 0 saturated carbocycles. The van der Waals surface area contributed by atoms with Gasteiger partial charge in [-0.05, 0) is 37.1 Å². The zero-order valence-corrected chi connectivity index (χ0v) is 21.3. The molecule has 0 bridgehead atoms. The van der Waals surface area contributed by atoms with E-state index in [-0.39, 0.29) is 43.8 Å². The first kappa shape index (κ1) is 29.3. The number of nitrogens with zero attached hydrogens (tertiary/aromatic N) is 3. The Hall–Kier alpha value is -4.21. The Labute approximate surface area is 228 Å². The number of aliphatic hydroxyl groups excluding tert-OH is 2. The van der Waals surface area contributed by atoms with E-state index in [1.807, 2.05) is 44.2 Å². The van der Waals surface area contributed by atoms with Gasteiger partial charge in [-0.2, -0.15) is 0 Å². The van der Waals surface area contributed by atoms with Gasteiger partial charge >= 0.3 is 0 Å². The van der Waals surface area contributed by atoms with Crippen molar-refractivity contribution in [2.45, 2.75) is 46.3 Å². The van der Waals surface area contributed by atoms with E-state index in [4.69, 9.17) is 9.47 Å². The molecule has 0 amide bonds. The van der Waals surface area contributed by atoms with Gasteiger partial charge < -0.3 is 29.9 Å². The summed E-state index contributed by atoms with van der Waals surface area (Å²) < 4.78 is 11.1. The van der Waals surface area contributed by atoms with Crippen LogP contribution in [0.3, 0.4) is 0 Å². The number of hydrogen-bond donors (Lipinski definition) is 4. The van der Waals surface area contributed by atoms with E-state index in [1.54, 1.807) is 24.3 Å². The van der Waals surface area contributed by atoms with Crippen LogP contribution in [0.25, 0.3) is 34.2 Å². The number of ether oxygens (including phenoxy) is 2. The summed E-state index contributed by atoms with van der Waals surface area (Å²) in [7, 11) is 0. The second-order valence-electron chi connectivity index (χ2n) is 8.78. The first-order valence-electron chi connectivity index (χ1n) is 12.5. The van der Waals surface area contributed by atoms with Crippen molar-refractivity contribution in [2.24, 2.45) is 0 Å². The van der Waals surface area contributed by atoms with Crippen molar-refractivity contribution in [1.29, 1.82) is 0 Å². The molecule has 9 heteroatoms. The Morgan fingerprint density at radius 1 is 0.641 bits per heavy atom. The maximum absolute atomic E-state index is 10.8. The Balaban J connectivity index is 0.00000420. The Kier molecular flexibility index (Phi) is 10.2. The second kappa shape index (κ2) is 13.5. The predicted molar refractivity (Wildman–Crippen MR) is 150 cm³/mol. The minimum Gasteiger partial charge on any atom is -0.507 e. The van der Waals surface area contributed by atoms with Crippen molar-refractivity contribution in [3.63, 3.8) is 0 Å². The van der Waals surface area contributed by atoms with Crippen molar-refractivity contribution in [1.82, 2.24) is 15.0 Å². The summed E-state index contributed by atoms with van der Waals surface area (Å²) in [6.07, 6.45) is -0.0867. The van der Waals surface area contributed by atoms with Crippen molar-refractivity contribution in [2.75, 3.05) is 13.2 Å². The van der Waals surface area contributed by atoms with E-state index in [2.05, 4.69) is 15.0 Å². The highest BCUT2D eigenvalue weighted by Gasteiger charge is 2.18. The number of hydrogen-bond acceptors (Lipinski definition) is 9. The monoisotopic (exact) mass is 533 g/mol. The van der Waals surface area contributed by atoms with E-state index in [0.717, 1.165) is 5.56 Å². The predicted octanol–water partition coefficient (Wildman–Crippen LogP) is 5.22. The third kappa shape index (κ3) is 7.43. The van der Waals surface area contributed by atoms with Crippen LogP contribution < -0.4 is 9.47 Å². The molecule has 1 aromatic heterocycles. The van der Waals surface area contributed by atoms with Crippen LogP contribution >= 0.6 is 0 Å². The van der Waals surface area contributed by atoms with Gasteiger partial charge in [0.15, 0.2) is 17.5 Å². The zero-order chi connectivity index (χ0) is 27.1. The van der Waals surface area contributed by atoms with Crippen molar-refractivity contribution in [3.05, 3.63) is 66.7 Å². The largest absolute Gasteiger partial charge is 0.507 e. The third-order valence-corrected chi connectivity index (χ3v) is 5.91. The molecule has 4 aromatic rings. The van der Waals surface area contributed by atoms with Gasteiger partial charge in [-0.15, -0.1) is 0 Å². The fraction of sp³-hybridized carbons (Fsp3) is 0.300. The molecular weight excluding hydrogens is 498 g/mol. The molecule has 39 heavy (non-hydrogen) atoms. The SMILES string of the molecule is C.CCC(O)COc1ccc(-c2nc(-c3ccccc3)nc(-c3ccc(OCC(O)CC)cc3O)n2)c(O)c1. The summed E-state index contributed by atoms with van der Waals surface area (Å²) in [5, 5.41) is 41.1. The van der Waals surface area contributed by atoms with Crippen LogP contribution in [0, 0.1) is 0 Å². The topological polar surface area (TPSA) is 138 Å². The van der Waals surface area contributed by atoms with Crippen molar-refractivity contribution >= 4 is 0 Å². The Morgan fingerprint density at radius 2 is 1.08 bits per heavy atom. The summed E-state index contributed by atoms with van der Waals surface area (Å²) in [5.41, 5.74) is 1.43. The minimum atomic E-state index is -0.600. The number of rotatable bonds is 11. The van der Waals surface area contributed by atoms with Gasteiger partial charge in [-0.25, -0.2) is 15.0 Å². The summed E-state index contributed by atoms with van der Waals surface area (Å²) >= 11 is 0. The lowest BCUT2D eigenvalue weighted by atomic mass is 10.1. The maximum Gasteiger partial charge on any atom is 0.167 e. The average molecular weight is 534 g/mol. The summed E-state index contributed by atoms with van der Waals surface area (Å²) in [6.45, 7) is 3.93. The van der Waals surface area contributed by atoms with Gasteiger partial charge in [-0.3, -0.25) is 0 Å². The molecule has 2 atom stereocenters. The fourth-order valence-electron chi connectivity index (χ4n) is 3.53. The van der Waals surface area contributed by atoms with E-state index < -0.39 is 12.2 Å². The molecule has 3 aromatic carbocycles. The molecule has 0 aliphatic rings. The molecule has 1 heterocycles. The smallest absolute Gasteiger partial charge is 0.167 e. The quantitative estimate of drug-likeness (QED) is 0.204. The highest BCUT2D eigenvalue weighted by Crippen LogP contribution is 2.35. The van der Waals surface area contributed by atoms with E-state index in [0.29, 0.717) is 41.3 Å². The summed E-state index contributed by atoms with van der Waals surface area (Å²) in [5.74, 6) is 1.37. The van der Waals surface area contributed by atoms with Gasteiger partial charge in [0.05, 0.1) is 23.3 Å². The normalized spacial score (nSPS) is 12.3. The first-order chi connectivity index (χ1) is 18.4. The minimum absolute atomic E-state index is 0. The Morgan fingerprint density at radius 3 is 1.49 bits per heavy atom. The number of phenols is 2. The van der Waals surface area contributed by atoms with Gasteiger partial charge in [0.1, 0.15) is 36.2 Å². The van der Waals surface area contributed by atoms with Crippen LogP contribution in [0.1, 0.15) is 34.1 Å². The summed E-state index contributed by atoms with van der Waals surface area (Å²) in [4.78, 5) is 13.7. The molecule has 206 valence electrons. The van der Waals surface area contributed by atoms with Gasteiger partial charge in [0, 0.05) is 17.7 Å². The number of benzene rings is 3. The van der Waals surface area contributed by atoms with E-state index in [1.165, 1.54) is 12.1 Å².